The molecule has 0 aliphatic heterocycles. The van der Waals surface area contributed by atoms with Crippen LogP contribution in [0.2, 0.25) is 10.0 Å². The highest BCUT2D eigenvalue weighted by Crippen LogP contribution is 2.37. The van der Waals surface area contributed by atoms with Crippen molar-refractivity contribution in [2.45, 2.75) is 57.3 Å². The second-order valence-electron chi connectivity index (χ2n) is 8.27. The van der Waals surface area contributed by atoms with Gasteiger partial charge >= 0.3 is 0 Å². The number of fused-ring (bicyclic) bond motifs is 1. The van der Waals surface area contributed by atoms with Crippen molar-refractivity contribution in [2.24, 2.45) is 0 Å². The van der Waals surface area contributed by atoms with Crippen molar-refractivity contribution in [1.82, 2.24) is 20.1 Å². The van der Waals surface area contributed by atoms with Gasteiger partial charge in [-0.05, 0) is 63.3 Å². The van der Waals surface area contributed by atoms with Gasteiger partial charge in [0.25, 0.3) is 5.91 Å². The number of thiophene rings is 1. The Morgan fingerprint density at radius 3 is 2.78 bits per heavy atom. The molecule has 12 heteroatoms. The van der Waals surface area contributed by atoms with Crippen LogP contribution in [0.4, 0.5) is 5.00 Å². The van der Waals surface area contributed by atoms with E-state index in [0.29, 0.717) is 38.7 Å². The Bertz CT molecular complexity index is 1350. The highest BCUT2D eigenvalue weighted by Gasteiger charge is 2.23. The van der Waals surface area contributed by atoms with E-state index in [2.05, 4.69) is 26.9 Å². The van der Waals surface area contributed by atoms with Crippen molar-refractivity contribution >= 4 is 63.1 Å². The first-order valence-corrected chi connectivity index (χ1v) is 14.0. The number of benzene rings is 1. The predicted octanol–water partition coefficient (Wildman–Crippen LogP) is 5.64. The lowest BCUT2D eigenvalue weighted by Crippen LogP contribution is -2.29. The summed E-state index contributed by atoms with van der Waals surface area (Å²) >= 11 is 14.8. The number of hydrogen-bond donors (Lipinski definition) is 2. The number of thioether (sulfide) groups is 1. The summed E-state index contributed by atoms with van der Waals surface area (Å²) in [7, 11) is 0. The van der Waals surface area contributed by atoms with Gasteiger partial charge in [-0.1, -0.05) is 35.0 Å². The standard InChI is InChI=1S/C24H24Cl2N6O2S2/c1-3-32-21(13(2)28-22(34)16-9-8-14(25)10-18(16)26)30-31-24(32)35-12-20(33)29-23-17(11-27)15-6-4-5-7-19(15)36-23/h8-10,13H,3-7,12H2,1-2H3,(H,28,34)(H,29,33)/t13-/m0/s1. The van der Waals surface area contributed by atoms with Crippen molar-refractivity contribution in [2.75, 3.05) is 11.1 Å². The zero-order valence-electron chi connectivity index (χ0n) is 19.7. The number of aryl methyl sites for hydroxylation is 1. The van der Waals surface area contributed by atoms with Gasteiger partial charge < -0.3 is 15.2 Å². The zero-order chi connectivity index (χ0) is 25.8. The number of aromatic nitrogens is 3. The first kappa shape index (κ1) is 26.5. The molecule has 0 radical (unpaired) electrons. The number of halogens is 2. The second-order valence-corrected chi connectivity index (χ2v) is 11.2. The van der Waals surface area contributed by atoms with Gasteiger partial charge in [-0.2, -0.15) is 5.26 Å². The monoisotopic (exact) mass is 562 g/mol. The van der Waals surface area contributed by atoms with Crippen molar-refractivity contribution in [3.8, 4) is 6.07 Å². The molecule has 188 valence electrons. The molecule has 2 amide bonds. The highest BCUT2D eigenvalue weighted by molar-refractivity contribution is 7.99. The van der Waals surface area contributed by atoms with Crippen LogP contribution in [0.25, 0.3) is 0 Å². The van der Waals surface area contributed by atoms with Crippen LogP contribution in [0.5, 0.6) is 0 Å². The lowest BCUT2D eigenvalue weighted by Gasteiger charge is -2.15. The first-order valence-electron chi connectivity index (χ1n) is 11.5. The van der Waals surface area contributed by atoms with Gasteiger partial charge in [0, 0.05) is 16.4 Å². The molecule has 1 aliphatic rings. The summed E-state index contributed by atoms with van der Waals surface area (Å²) in [4.78, 5) is 26.6. The van der Waals surface area contributed by atoms with Crippen LogP contribution in [0, 0.1) is 11.3 Å². The lowest BCUT2D eigenvalue weighted by molar-refractivity contribution is -0.113. The molecule has 2 N–H and O–H groups in total. The van der Waals surface area contributed by atoms with E-state index in [9.17, 15) is 14.9 Å². The molecule has 2 heterocycles. The van der Waals surface area contributed by atoms with Crippen LogP contribution >= 0.6 is 46.3 Å². The number of nitriles is 1. The molecule has 3 aromatic rings. The largest absolute Gasteiger partial charge is 0.342 e. The number of nitrogens with one attached hydrogen (secondary N) is 2. The predicted molar refractivity (Wildman–Crippen MR) is 143 cm³/mol. The minimum Gasteiger partial charge on any atom is -0.342 e. The Hall–Kier alpha value is -2.58. The fourth-order valence-electron chi connectivity index (χ4n) is 4.10. The summed E-state index contributed by atoms with van der Waals surface area (Å²) in [5, 5.41) is 25.8. The molecule has 0 bridgehead atoms. The van der Waals surface area contributed by atoms with E-state index < -0.39 is 6.04 Å². The Labute approximate surface area is 227 Å². The molecule has 4 rings (SSSR count). The Morgan fingerprint density at radius 2 is 2.06 bits per heavy atom. The molecular weight excluding hydrogens is 539 g/mol. The van der Waals surface area contributed by atoms with E-state index in [1.807, 2.05) is 11.5 Å². The average molecular weight is 564 g/mol. The number of carbonyl (C=O) groups is 2. The van der Waals surface area contributed by atoms with E-state index in [4.69, 9.17) is 23.2 Å². The summed E-state index contributed by atoms with van der Waals surface area (Å²) in [6, 6.07) is 6.50. The number of amides is 2. The third-order valence-corrected chi connectivity index (χ3v) is 8.56. The summed E-state index contributed by atoms with van der Waals surface area (Å²) in [6.45, 7) is 4.31. The number of carbonyl (C=O) groups excluding carboxylic acids is 2. The third-order valence-electron chi connectivity index (χ3n) is 5.84. The van der Waals surface area contributed by atoms with Crippen LogP contribution in [-0.4, -0.2) is 32.3 Å². The zero-order valence-corrected chi connectivity index (χ0v) is 22.9. The summed E-state index contributed by atoms with van der Waals surface area (Å²) < 4.78 is 1.86. The van der Waals surface area contributed by atoms with Gasteiger partial charge in [-0.3, -0.25) is 9.59 Å². The van der Waals surface area contributed by atoms with Gasteiger partial charge in [0.1, 0.15) is 11.1 Å². The molecule has 0 fully saturated rings. The summed E-state index contributed by atoms with van der Waals surface area (Å²) in [5.74, 6) is 0.125. The van der Waals surface area contributed by atoms with E-state index in [1.54, 1.807) is 19.1 Å². The molecule has 0 spiro atoms. The Kier molecular flexibility index (Phi) is 8.57. The number of anilines is 1. The van der Waals surface area contributed by atoms with E-state index in [-0.39, 0.29) is 22.6 Å². The highest BCUT2D eigenvalue weighted by atomic mass is 35.5. The van der Waals surface area contributed by atoms with Crippen LogP contribution in [0.1, 0.15) is 64.9 Å². The molecule has 0 saturated heterocycles. The summed E-state index contributed by atoms with van der Waals surface area (Å²) in [6.07, 6.45) is 4.03. The molecule has 2 aromatic heterocycles. The van der Waals surface area contributed by atoms with Crippen LogP contribution in [-0.2, 0) is 24.2 Å². The van der Waals surface area contributed by atoms with Crippen LogP contribution in [0.3, 0.4) is 0 Å². The second kappa shape index (κ2) is 11.6. The molecule has 1 aromatic carbocycles. The molecular formula is C24H24Cl2N6O2S2. The molecule has 8 nitrogen and oxygen atoms in total. The topological polar surface area (TPSA) is 113 Å². The van der Waals surface area contributed by atoms with Crippen molar-refractivity contribution < 1.29 is 9.59 Å². The van der Waals surface area contributed by atoms with Crippen LogP contribution in [0.15, 0.2) is 23.4 Å². The maximum Gasteiger partial charge on any atom is 0.253 e. The smallest absolute Gasteiger partial charge is 0.253 e. The quantitative estimate of drug-likeness (QED) is 0.343. The van der Waals surface area contributed by atoms with Gasteiger partial charge in [0.05, 0.1) is 27.9 Å². The van der Waals surface area contributed by atoms with Crippen molar-refractivity contribution in [1.29, 1.82) is 5.26 Å². The molecule has 0 saturated carbocycles. The summed E-state index contributed by atoms with van der Waals surface area (Å²) in [5.41, 5.74) is 1.99. The Balaban J connectivity index is 1.40. The maximum atomic E-state index is 12.7. The molecule has 36 heavy (non-hydrogen) atoms. The fourth-order valence-corrected chi connectivity index (χ4v) is 6.66. The van der Waals surface area contributed by atoms with E-state index >= 15 is 0 Å². The molecule has 1 aliphatic carbocycles. The van der Waals surface area contributed by atoms with Gasteiger partial charge in [0.2, 0.25) is 5.91 Å². The minimum atomic E-state index is -0.449. The number of nitrogens with zero attached hydrogens (tertiary/aromatic N) is 4. The maximum absolute atomic E-state index is 12.7. The number of rotatable bonds is 8. The SMILES string of the molecule is CCn1c(SCC(=O)Nc2sc3c(c2C#N)CCCC3)nnc1[C@H](C)NC(=O)c1ccc(Cl)cc1Cl. The van der Waals surface area contributed by atoms with Gasteiger partial charge in [0.15, 0.2) is 11.0 Å². The van der Waals surface area contributed by atoms with E-state index in [0.717, 1.165) is 31.2 Å². The van der Waals surface area contributed by atoms with Gasteiger partial charge in [-0.15, -0.1) is 21.5 Å². The average Bonchev–Trinajstić information content (AvgIpc) is 3.42. The number of hydrogen-bond acceptors (Lipinski definition) is 7. The van der Waals surface area contributed by atoms with Crippen molar-refractivity contribution in [3.05, 3.63) is 55.6 Å². The fraction of sp³-hybridized carbons (Fsp3) is 0.375. The third kappa shape index (κ3) is 5.70. The minimum absolute atomic E-state index is 0.118. The van der Waals surface area contributed by atoms with E-state index in [1.165, 1.54) is 34.0 Å². The molecule has 0 unspecified atom stereocenters. The lowest BCUT2D eigenvalue weighted by atomic mass is 9.96. The Morgan fingerprint density at radius 1 is 1.28 bits per heavy atom. The molecule has 1 atom stereocenters. The first-order chi connectivity index (χ1) is 17.3. The van der Waals surface area contributed by atoms with Crippen molar-refractivity contribution in [3.63, 3.8) is 0 Å². The normalized spacial score (nSPS) is 13.5. The van der Waals surface area contributed by atoms with Crippen LogP contribution < -0.4 is 10.6 Å². The van der Waals surface area contributed by atoms with Gasteiger partial charge in [-0.25, -0.2) is 0 Å².